The molecule has 0 atom stereocenters. The van der Waals surface area contributed by atoms with Crippen molar-refractivity contribution in [3.05, 3.63) is 52.3 Å². The van der Waals surface area contributed by atoms with Crippen molar-refractivity contribution in [3.63, 3.8) is 0 Å². The molecule has 1 N–H and O–H groups in total. The molecule has 1 aliphatic heterocycles. The van der Waals surface area contributed by atoms with Gasteiger partial charge in [-0.15, -0.1) is 0 Å². The van der Waals surface area contributed by atoms with Crippen molar-refractivity contribution in [2.75, 3.05) is 7.11 Å². The van der Waals surface area contributed by atoms with E-state index in [9.17, 15) is 4.79 Å². The molecule has 4 heteroatoms. The average Bonchev–Trinajstić information content (AvgIpc) is 2.85. The normalized spacial score (nSPS) is 13.1. The lowest BCUT2D eigenvalue weighted by Gasteiger charge is -2.18. The van der Waals surface area contributed by atoms with Gasteiger partial charge < -0.3 is 14.3 Å². The molecule has 0 spiro atoms. The van der Waals surface area contributed by atoms with Crippen molar-refractivity contribution in [3.8, 4) is 17.1 Å². The monoisotopic (exact) mass is 266 g/mol. The van der Waals surface area contributed by atoms with Crippen molar-refractivity contribution in [2.45, 2.75) is 13.0 Å². The van der Waals surface area contributed by atoms with Crippen molar-refractivity contribution in [2.24, 2.45) is 0 Å². The van der Waals surface area contributed by atoms with Crippen molar-refractivity contribution < 1.29 is 4.74 Å². The van der Waals surface area contributed by atoms with E-state index in [0.717, 1.165) is 35.6 Å². The Kier molecular flexibility index (Phi) is 2.27. The lowest BCUT2D eigenvalue weighted by atomic mass is 10.0. The first-order valence-corrected chi connectivity index (χ1v) is 6.67. The number of aryl methyl sites for hydroxylation is 1. The number of benzene rings is 1. The summed E-state index contributed by atoms with van der Waals surface area (Å²) < 4.78 is 7.10. The van der Waals surface area contributed by atoms with Crippen molar-refractivity contribution >= 4 is 10.9 Å². The summed E-state index contributed by atoms with van der Waals surface area (Å²) in [5, 5.41) is 1.21. The van der Waals surface area contributed by atoms with Crippen LogP contribution >= 0.6 is 0 Å². The molecule has 20 heavy (non-hydrogen) atoms. The number of nitrogens with zero attached hydrogens (tertiary/aromatic N) is 1. The number of aromatic amines is 1. The molecule has 0 unspecified atom stereocenters. The van der Waals surface area contributed by atoms with Gasteiger partial charge in [0.15, 0.2) is 0 Å². The van der Waals surface area contributed by atoms with Crippen LogP contribution in [-0.4, -0.2) is 16.7 Å². The Morgan fingerprint density at radius 1 is 1.25 bits per heavy atom. The van der Waals surface area contributed by atoms with Gasteiger partial charge in [-0.25, -0.2) is 0 Å². The number of hydrogen-bond acceptors (Lipinski definition) is 2. The molecule has 0 amide bonds. The lowest BCUT2D eigenvalue weighted by Crippen LogP contribution is -2.24. The van der Waals surface area contributed by atoms with E-state index < -0.39 is 0 Å². The predicted molar refractivity (Wildman–Crippen MR) is 78.3 cm³/mol. The quantitative estimate of drug-likeness (QED) is 0.735. The van der Waals surface area contributed by atoms with Crippen LogP contribution in [0, 0.1) is 0 Å². The van der Waals surface area contributed by atoms with Gasteiger partial charge in [0, 0.05) is 29.6 Å². The fraction of sp³-hybridized carbons (Fsp3) is 0.188. The second-order valence-electron chi connectivity index (χ2n) is 5.04. The highest BCUT2D eigenvalue weighted by atomic mass is 16.5. The van der Waals surface area contributed by atoms with Crippen LogP contribution in [0.1, 0.15) is 5.56 Å². The van der Waals surface area contributed by atoms with Crippen LogP contribution in [0.2, 0.25) is 0 Å². The number of pyridine rings is 1. The molecule has 0 radical (unpaired) electrons. The zero-order chi connectivity index (χ0) is 13.7. The van der Waals surface area contributed by atoms with E-state index in [0.29, 0.717) is 0 Å². The van der Waals surface area contributed by atoms with Gasteiger partial charge in [-0.1, -0.05) is 6.07 Å². The first kappa shape index (κ1) is 11.3. The fourth-order valence-corrected chi connectivity index (χ4v) is 3.03. The number of methoxy groups -OCH3 is 1. The van der Waals surface area contributed by atoms with E-state index in [1.165, 1.54) is 10.9 Å². The van der Waals surface area contributed by atoms with Crippen LogP contribution in [0.5, 0.6) is 5.75 Å². The maximum Gasteiger partial charge on any atom is 0.251 e. The number of fused-ring (bicyclic) bond motifs is 5. The van der Waals surface area contributed by atoms with Gasteiger partial charge in [0.1, 0.15) is 5.75 Å². The number of nitrogens with one attached hydrogen (secondary N) is 1. The van der Waals surface area contributed by atoms with Gasteiger partial charge in [-0.3, -0.25) is 4.79 Å². The maximum atomic E-state index is 11.9. The third-order valence-corrected chi connectivity index (χ3v) is 4.00. The smallest absolute Gasteiger partial charge is 0.251 e. The molecule has 1 aromatic carbocycles. The summed E-state index contributed by atoms with van der Waals surface area (Å²) in [6.07, 6.45) is 0.874. The highest BCUT2D eigenvalue weighted by Gasteiger charge is 2.20. The van der Waals surface area contributed by atoms with Gasteiger partial charge in [-0.05, 0) is 30.2 Å². The molecule has 1 aliphatic rings. The van der Waals surface area contributed by atoms with E-state index in [1.807, 2.05) is 28.8 Å². The second-order valence-corrected chi connectivity index (χ2v) is 5.04. The first-order valence-electron chi connectivity index (χ1n) is 6.67. The van der Waals surface area contributed by atoms with Crippen LogP contribution in [0.15, 0.2) is 41.2 Å². The van der Waals surface area contributed by atoms with Crippen LogP contribution in [0.4, 0.5) is 0 Å². The van der Waals surface area contributed by atoms with Crippen LogP contribution < -0.4 is 10.3 Å². The molecule has 3 heterocycles. The summed E-state index contributed by atoms with van der Waals surface area (Å²) in [6, 6.07) is 11.5. The fourth-order valence-electron chi connectivity index (χ4n) is 3.03. The Morgan fingerprint density at radius 3 is 3.00 bits per heavy atom. The number of ether oxygens (including phenoxy) is 1. The topological polar surface area (TPSA) is 47.0 Å². The largest absolute Gasteiger partial charge is 0.497 e. The summed E-state index contributed by atoms with van der Waals surface area (Å²) in [4.78, 5) is 15.4. The molecule has 0 saturated heterocycles. The third kappa shape index (κ3) is 1.45. The summed E-state index contributed by atoms with van der Waals surface area (Å²) in [6.45, 7) is 0.737. The molecule has 0 fully saturated rings. The molecule has 2 aromatic heterocycles. The summed E-state index contributed by atoms with van der Waals surface area (Å²) in [5.41, 5.74) is 4.42. The average molecular weight is 266 g/mol. The Labute approximate surface area is 115 Å². The first-order chi connectivity index (χ1) is 9.78. The van der Waals surface area contributed by atoms with E-state index in [4.69, 9.17) is 4.74 Å². The van der Waals surface area contributed by atoms with Crippen LogP contribution in [0.3, 0.4) is 0 Å². The lowest BCUT2D eigenvalue weighted by molar-refractivity contribution is 0.415. The predicted octanol–water partition coefficient (Wildman–Crippen LogP) is 2.56. The molecule has 0 aliphatic carbocycles. The molecule has 3 aromatic rings. The minimum atomic E-state index is 0.0596. The Morgan fingerprint density at radius 2 is 2.15 bits per heavy atom. The van der Waals surface area contributed by atoms with Crippen molar-refractivity contribution in [1.29, 1.82) is 0 Å². The zero-order valence-electron chi connectivity index (χ0n) is 11.1. The van der Waals surface area contributed by atoms with E-state index in [2.05, 4.69) is 11.1 Å². The Balaban J connectivity index is 2.04. The summed E-state index contributed by atoms with van der Waals surface area (Å²) in [7, 11) is 1.67. The van der Waals surface area contributed by atoms with E-state index >= 15 is 0 Å². The van der Waals surface area contributed by atoms with E-state index in [-0.39, 0.29) is 5.56 Å². The third-order valence-electron chi connectivity index (χ3n) is 4.00. The summed E-state index contributed by atoms with van der Waals surface area (Å²) >= 11 is 0. The number of aromatic nitrogens is 2. The van der Waals surface area contributed by atoms with Crippen LogP contribution in [-0.2, 0) is 13.0 Å². The minimum absolute atomic E-state index is 0.0596. The van der Waals surface area contributed by atoms with E-state index in [1.54, 1.807) is 13.2 Å². The molecule has 4 rings (SSSR count). The molecule has 100 valence electrons. The molecule has 0 saturated carbocycles. The second kappa shape index (κ2) is 4.00. The minimum Gasteiger partial charge on any atom is -0.497 e. The summed E-state index contributed by atoms with van der Waals surface area (Å²) in [5.74, 6) is 0.835. The Bertz CT molecular complexity index is 874. The number of rotatable bonds is 1. The SMILES string of the molecule is COc1ccc2c3c([nH]c2c1)-c1cccc(=O)n1CC3. The molecular weight excluding hydrogens is 252 g/mol. The van der Waals surface area contributed by atoms with Gasteiger partial charge in [0.25, 0.3) is 5.56 Å². The van der Waals surface area contributed by atoms with Crippen LogP contribution in [0.25, 0.3) is 22.3 Å². The molecule has 4 nitrogen and oxygen atoms in total. The number of H-pyrrole nitrogens is 1. The highest BCUT2D eigenvalue weighted by molar-refractivity contribution is 5.91. The van der Waals surface area contributed by atoms with Gasteiger partial charge >= 0.3 is 0 Å². The van der Waals surface area contributed by atoms with Gasteiger partial charge in [0.2, 0.25) is 0 Å². The van der Waals surface area contributed by atoms with Crippen molar-refractivity contribution in [1.82, 2.24) is 9.55 Å². The highest BCUT2D eigenvalue weighted by Crippen LogP contribution is 2.34. The molecular formula is C16H14N2O2. The van der Waals surface area contributed by atoms with Gasteiger partial charge in [-0.2, -0.15) is 0 Å². The Hall–Kier alpha value is -2.49. The zero-order valence-corrected chi connectivity index (χ0v) is 11.1. The number of hydrogen-bond donors (Lipinski definition) is 1. The molecule has 0 bridgehead atoms. The standard InChI is InChI=1S/C16H14N2O2/c1-20-10-5-6-11-12-7-8-18-14(3-2-4-15(18)19)16(12)17-13(11)9-10/h2-6,9,17H,7-8H2,1H3. The maximum absolute atomic E-state index is 11.9. The van der Waals surface area contributed by atoms with Gasteiger partial charge in [0.05, 0.1) is 18.5 Å².